The Hall–Kier alpha value is -2.43. The van der Waals surface area contributed by atoms with Crippen LogP contribution in [0.15, 0.2) is 42.7 Å². The summed E-state index contributed by atoms with van der Waals surface area (Å²) in [7, 11) is 0. The number of hydrogen-bond donors (Lipinski definition) is 0. The van der Waals surface area contributed by atoms with E-state index >= 15 is 0 Å². The molecule has 1 saturated heterocycles. The third-order valence-corrected chi connectivity index (χ3v) is 4.02. The molecule has 0 bridgehead atoms. The van der Waals surface area contributed by atoms with Crippen LogP contribution in [-0.2, 0) is 11.2 Å². The molecule has 5 nitrogen and oxygen atoms in total. The number of aromatic nitrogens is 2. The van der Waals surface area contributed by atoms with E-state index < -0.39 is 0 Å². The van der Waals surface area contributed by atoms with Crippen molar-refractivity contribution in [2.45, 2.75) is 32.3 Å². The Kier molecular flexibility index (Phi) is 4.86. The molecule has 2 aromatic rings. The zero-order valence-corrected chi connectivity index (χ0v) is 13.3. The van der Waals surface area contributed by atoms with Crippen molar-refractivity contribution in [3.05, 3.63) is 53.9 Å². The molecule has 1 atom stereocenters. The summed E-state index contributed by atoms with van der Waals surface area (Å²) in [6, 6.07) is 10.4. The molecule has 3 rings (SSSR count). The van der Waals surface area contributed by atoms with Crippen molar-refractivity contribution in [1.82, 2.24) is 14.9 Å². The van der Waals surface area contributed by atoms with E-state index in [4.69, 9.17) is 4.74 Å². The predicted molar refractivity (Wildman–Crippen MR) is 87.1 cm³/mol. The van der Waals surface area contributed by atoms with E-state index in [2.05, 4.69) is 35.1 Å². The molecule has 0 saturated carbocycles. The summed E-state index contributed by atoms with van der Waals surface area (Å²) < 4.78 is 5.72. The number of ether oxygens (including phenoxy) is 1. The standard InChI is InChI=1S/C18H21N3O2/c1-14-4-2-5-15(12-14)6-7-17(22)21-11-8-16(13-21)23-18-19-9-3-10-20-18/h2-5,9-10,12,16H,6-8,11,13H2,1H3. The first-order valence-electron chi connectivity index (χ1n) is 7.98. The molecule has 1 aliphatic rings. The highest BCUT2D eigenvalue weighted by molar-refractivity contribution is 5.76. The van der Waals surface area contributed by atoms with Crippen LogP contribution in [0.4, 0.5) is 0 Å². The van der Waals surface area contributed by atoms with Crippen molar-refractivity contribution < 1.29 is 9.53 Å². The summed E-state index contributed by atoms with van der Waals surface area (Å²) in [5.74, 6) is 0.187. The Morgan fingerprint density at radius 1 is 1.30 bits per heavy atom. The largest absolute Gasteiger partial charge is 0.458 e. The Bertz CT molecular complexity index is 660. The minimum atomic E-state index is -0.0136. The summed E-state index contributed by atoms with van der Waals surface area (Å²) in [5, 5.41) is 0. The van der Waals surface area contributed by atoms with Gasteiger partial charge in [-0.1, -0.05) is 29.8 Å². The minimum Gasteiger partial charge on any atom is -0.458 e. The average molecular weight is 311 g/mol. The maximum Gasteiger partial charge on any atom is 0.316 e. The molecule has 0 spiro atoms. The number of carbonyl (C=O) groups is 1. The van der Waals surface area contributed by atoms with Crippen LogP contribution >= 0.6 is 0 Å². The van der Waals surface area contributed by atoms with Gasteiger partial charge in [0, 0.05) is 31.8 Å². The van der Waals surface area contributed by atoms with Gasteiger partial charge in [0.2, 0.25) is 5.91 Å². The molecule has 120 valence electrons. The van der Waals surface area contributed by atoms with Gasteiger partial charge in [-0.3, -0.25) is 4.79 Å². The number of amides is 1. The molecule has 1 aliphatic heterocycles. The van der Waals surface area contributed by atoms with Gasteiger partial charge in [0.15, 0.2) is 0 Å². The summed E-state index contributed by atoms with van der Waals surface area (Å²) in [4.78, 5) is 22.3. The highest BCUT2D eigenvalue weighted by atomic mass is 16.5. The number of benzene rings is 1. The van der Waals surface area contributed by atoms with E-state index in [-0.39, 0.29) is 12.0 Å². The second-order valence-electron chi connectivity index (χ2n) is 5.89. The Labute approximate surface area is 136 Å². The zero-order valence-electron chi connectivity index (χ0n) is 13.3. The van der Waals surface area contributed by atoms with Crippen molar-refractivity contribution in [3.8, 4) is 6.01 Å². The Balaban J connectivity index is 1.47. The van der Waals surface area contributed by atoms with E-state index in [1.54, 1.807) is 18.5 Å². The van der Waals surface area contributed by atoms with Crippen LogP contribution in [0.3, 0.4) is 0 Å². The van der Waals surface area contributed by atoms with Crippen LogP contribution in [0, 0.1) is 6.92 Å². The van der Waals surface area contributed by atoms with Gasteiger partial charge in [-0.15, -0.1) is 0 Å². The third-order valence-electron chi connectivity index (χ3n) is 4.02. The van der Waals surface area contributed by atoms with Crippen LogP contribution in [0.25, 0.3) is 0 Å². The summed E-state index contributed by atoms with van der Waals surface area (Å²) >= 11 is 0. The van der Waals surface area contributed by atoms with Gasteiger partial charge in [0.1, 0.15) is 6.10 Å². The molecular weight excluding hydrogens is 290 g/mol. The monoisotopic (exact) mass is 311 g/mol. The SMILES string of the molecule is Cc1cccc(CCC(=O)N2CCC(Oc3ncccn3)C2)c1. The number of aryl methyl sites for hydroxylation is 2. The van der Waals surface area contributed by atoms with Gasteiger partial charge in [-0.05, 0) is 25.0 Å². The Morgan fingerprint density at radius 3 is 2.91 bits per heavy atom. The van der Waals surface area contributed by atoms with E-state index in [0.717, 1.165) is 19.4 Å². The van der Waals surface area contributed by atoms with Crippen molar-refractivity contribution >= 4 is 5.91 Å². The van der Waals surface area contributed by atoms with E-state index in [1.165, 1.54) is 11.1 Å². The lowest BCUT2D eigenvalue weighted by molar-refractivity contribution is -0.130. The number of rotatable bonds is 5. The lowest BCUT2D eigenvalue weighted by Gasteiger charge is -2.16. The smallest absolute Gasteiger partial charge is 0.316 e. The first-order chi connectivity index (χ1) is 11.2. The fourth-order valence-electron chi connectivity index (χ4n) is 2.82. The molecule has 0 aliphatic carbocycles. The normalized spacial score (nSPS) is 17.3. The van der Waals surface area contributed by atoms with Crippen molar-refractivity contribution in [1.29, 1.82) is 0 Å². The quantitative estimate of drug-likeness (QED) is 0.851. The number of hydrogen-bond acceptors (Lipinski definition) is 4. The lowest BCUT2D eigenvalue weighted by atomic mass is 10.1. The lowest BCUT2D eigenvalue weighted by Crippen LogP contribution is -2.31. The van der Waals surface area contributed by atoms with E-state index in [9.17, 15) is 4.79 Å². The molecular formula is C18H21N3O2. The molecule has 5 heteroatoms. The average Bonchev–Trinajstić information content (AvgIpc) is 3.02. The van der Waals surface area contributed by atoms with Crippen LogP contribution in [0.2, 0.25) is 0 Å². The summed E-state index contributed by atoms with van der Waals surface area (Å²) in [5.41, 5.74) is 2.44. The fourth-order valence-corrected chi connectivity index (χ4v) is 2.82. The molecule has 1 unspecified atom stereocenters. The minimum absolute atomic E-state index is 0.0136. The number of carbonyl (C=O) groups excluding carboxylic acids is 1. The second-order valence-corrected chi connectivity index (χ2v) is 5.89. The van der Waals surface area contributed by atoms with Crippen molar-refractivity contribution in [2.75, 3.05) is 13.1 Å². The molecule has 0 radical (unpaired) electrons. The zero-order chi connectivity index (χ0) is 16.1. The first kappa shape index (κ1) is 15.5. The topological polar surface area (TPSA) is 55.3 Å². The molecule has 23 heavy (non-hydrogen) atoms. The van der Waals surface area contributed by atoms with Crippen LogP contribution < -0.4 is 4.74 Å². The van der Waals surface area contributed by atoms with Crippen LogP contribution in [-0.4, -0.2) is 40.0 Å². The maximum absolute atomic E-state index is 12.3. The van der Waals surface area contributed by atoms with Gasteiger partial charge < -0.3 is 9.64 Å². The highest BCUT2D eigenvalue weighted by Gasteiger charge is 2.27. The number of nitrogens with zero attached hydrogens (tertiary/aromatic N) is 3. The van der Waals surface area contributed by atoms with Gasteiger partial charge in [-0.2, -0.15) is 0 Å². The molecule has 0 N–H and O–H groups in total. The van der Waals surface area contributed by atoms with Gasteiger partial charge >= 0.3 is 6.01 Å². The molecule has 2 heterocycles. The highest BCUT2D eigenvalue weighted by Crippen LogP contribution is 2.16. The number of likely N-dealkylation sites (tertiary alicyclic amines) is 1. The van der Waals surface area contributed by atoms with Crippen molar-refractivity contribution in [2.24, 2.45) is 0 Å². The second kappa shape index (κ2) is 7.22. The predicted octanol–water partition coefficient (Wildman–Crippen LogP) is 2.40. The third kappa shape index (κ3) is 4.28. The molecule has 1 aromatic heterocycles. The van der Waals surface area contributed by atoms with Crippen LogP contribution in [0.5, 0.6) is 6.01 Å². The van der Waals surface area contributed by atoms with E-state index in [1.807, 2.05) is 11.0 Å². The van der Waals surface area contributed by atoms with Crippen molar-refractivity contribution in [3.63, 3.8) is 0 Å². The van der Waals surface area contributed by atoms with Gasteiger partial charge in [-0.25, -0.2) is 9.97 Å². The maximum atomic E-state index is 12.3. The Morgan fingerprint density at radius 2 is 2.13 bits per heavy atom. The molecule has 1 amide bonds. The first-order valence-corrected chi connectivity index (χ1v) is 7.98. The van der Waals surface area contributed by atoms with Crippen LogP contribution in [0.1, 0.15) is 24.0 Å². The molecule has 1 fully saturated rings. The van der Waals surface area contributed by atoms with Gasteiger partial charge in [0.25, 0.3) is 0 Å². The molecule has 1 aromatic carbocycles. The van der Waals surface area contributed by atoms with E-state index in [0.29, 0.717) is 19.0 Å². The summed E-state index contributed by atoms with van der Waals surface area (Å²) in [6.45, 7) is 3.43. The summed E-state index contributed by atoms with van der Waals surface area (Å²) in [6.07, 6.45) is 5.45. The van der Waals surface area contributed by atoms with Gasteiger partial charge in [0.05, 0.1) is 6.54 Å². The fraction of sp³-hybridized carbons (Fsp3) is 0.389.